The number of hydrogen-bond donors (Lipinski definition) is 1. The number of aryl methyl sites for hydroxylation is 1. The van der Waals surface area contributed by atoms with E-state index >= 15 is 0 Å². The number of ether oxygens (including phenoxy) is 1. The zero-order valence-corrected chi connectivity index (χ0v) is 13.8. The maximum Gasteiger partial charge on any atom is 0.339 e. The van der Waals surface area contributed by atoms with Crippen LogP contribution in [0, 0.1) is 0 Å². The van der Waals surface area contributed by atoms with Crippen molar-refractivity contribution in [3.8, 4) is 0 Å². The van der Waals surface area contributed by atoms with Crippen molar-refractivity contribution in [2.24, 2.45) is 0 Å². The van der Waals surface area contributed by atoms with Crippen molar-refractivity contribution in [3.05, 3.63) is 81.7 Å². The van der Waals surface area contributed by atoms with Gasteiger partial charge in [0.05, 0.1) is 0 Å². The number of carbonyl (C=O) groups is 1. The molecule has 1 N–H and O–H groups in total. The van der Waals surface area contributed by atoms with Crippen LogP contribution in [0.3, 0.4) is 0 Å². The van der Waals surface area contributed by atoms with E-state index in [1.165, 1.54) is 6.07 Å². The average Bonchev–Trinajstić information content (AvgIpc) is 2.65. The molecule has 0 bridgehead atoms. The van der Waals surface area contributed by atoms with Crippen LogP contribution in [-0.4, -0.2) is 11.1 Å². The summed E-state index contributed by atoms with van der Waals surface area (Å²) in [6.07, 6.45) is -0.540. The van der Waals surface area contributed by atoms with Crippen LogP contribution in [0.15, 0.2) is 63.8 Å². The molecule has 5 nitrogen and oxygen atoms in total. The number of esters is 1. The summed E-state index contributed by atoms with van der Waals surface area (Å²) < 4.78 is 10.4. The van der Waals surface area contributed by atoms with E-state index in [1.807, 2.05) is 19.1 Å². The first-order valence-electron chi connectivity index (χ1n) is 8.04. The van der Waals surface area contributed by atoms with Crippen LogP contribution in [0.5, 0.6) is 0 Å². The Morgan fingerprint density at radius 1 is 1.16 bits per heavy atom. The Balaban J connectivity index is 1.81. The van der Waals surface area contributed by atoms with E-state index in [-0.39, 0.29) is 6.61 Å². The zero-order valence-electron chi connectivity index (χ0n) is 13.8. The second kappa shape index (κ2) is 7.32. The third-order valence-electron chi connectivity index (χ3n) is 4.01. The molecule has 1 atom stereocenters. The summed E-state index contributed by atoms with van der Waals surface area (Å²) in [4.78, 5) is 23.8. The maximum absolute atomic E-state index is 12.1. The number of carbonyl (C=O) groups excluding carboxylic acids is 1. The molecule has 0 saturated heterocycles. The van der Waals surface area contributed by atoms with Crippen LogP contribution in [-0.2, 0) is 22.6 Å². The van der Waals surface area contributed by atoms with Crippen molar-refractivity contribution < 1.29 is 19.1 Å². The lowest BCUT2D eigenvalue weighted by atomic mass is 10.1. The van der Waals surface area contributed by atoms with Crippen LogP contribution in [0.25, 0.3) is 11.0 Å². The largest absolute Gasteiger partial charge is 0.459 e. The Labute approximate surface area is 144 Å². The fourth-order valence-electron chi connectivity index (χ4n) is 2.61. The molecule has 0 aliphatic carbocycles. The summed E-state index contributed by atoms with van der Waals surface area (Å²) in [7, 11) is 0. The first-order chi connectivity index (χ1) is 12.1. The first kappa shape index (κ1) is 16.9. The normalized spacial score (nSPS) is 12.1. The smallest absolute Gasteiger partial charge is 0.339 e. The predicted molar refractivity (Wildman–Crippen MR) is 93.1 cm³/mol. The number of aliphatic hydroxyl groups is 1. The predicted octanol–water partition coefficient (Wildman–Crippen LogP) is 3.13. The highest BCUT2D eigenvalue weighted by molar-refractivity contribution is 5.81. The standard InChI is InChI=1S/C20H18O5/c1-2-13-8-9-16-15(11-18(21)25-17(16)10-13)12-24-20(23)19(22)14-6-4-3-5-7-14/h3-11,19,22H,2,12H2,1H3/t19-/m0/s1. The molecule has 0 fully saturated rings. The highest BCUT2D eigenvalue weighted by atomic mass is 16.5. The Morgan fingerprint density at radius 2 is 1.92 bits per heavy atom. The van der Waals surface area contributed by atoms with Crippen molar-refractivity contribution in [2.75, 3.05) is 0 Å². The fourth-order valence-corrected chi connectivity index (χ4v) is 2.61. The number of hydrogen-bond acceptors (Lipinski definition) is 5. The van der Waals surface area contributed by atoms with Gasteiger partial charge in [-0.05, 0) is 23.6 Å². The summed E-state index contributed by atoms with van der Waals surface area (Å²) in [6, 6.07) is 15.4. The van der Waals surface area contributed by atoms with Crippen molar-refractivity contribution >= 4 is 16.9 Å². The molecule has 3 rings (SSSR count). The van der Waals surface area contributed by atoms with E-state index in [2.05, 4.69) is 0 Å². The van der Waals surface area contributed by atoms with Gasteiger partial charge in [0.25, 0.3) is 0 Å². The Hall–Kier alpha value is -2.92. The third-order valence-corrected chi connectivity index (χ3v) is 4.01. The molecule has 1 aromatic heterocycles. The van der Waals surface area contributed by atoms with Gasteiger partial charge in [0, 0.05) is 17.0 Å². The quantitative estimate of drug-likeness (QED) is 0.571. The Kier molecular flexibility index (Phi) is 4.95. The molecular formula is C20H18O5. The van der Waals surface area contributed by atoms with Crippen LogP contribution < -0.4 is 5.63 Å². The molecule has 5 heteroatoms. The average molecular weight is 338 g/mol. The molecule has 3 aromatic rings. The summed E-state index contributed by atoms with van der Waals surface area (Å²) in [6.45, 7) is 1.90. The van der Waals surface area contributed by atoms with E-state index < -0.39 is 17.7 Å². The Morgan fingerprint density at radius 3 is 2.64 bits per heavy atom. The lowest BCUT2D eigenvalue weighted by molar-refractivity contribution is -0.155. The molecule has 25 heavy (non-hydrogen) atoms. The van der Waals surface area contributed by atoms with Gasteiger partial charge in [-0.25, -0.2) is 9.59 Å². The number of rotatable bonds is 5. The maximum atomic E-state index is 12.1. The molecule has 0 spiro atoms. The molecule has 1 heterocycles. The highest BCUT2D eigenvalue weighted by Crippen LogP contribution is 2.21. The molecule has 2 aromatic carbocycles. The number of aliphatic hydroxyl groups excluding tert-OH is 1. The number of benzene rings is 2. The fraction of sp³-hybridized carbons (Fsp3) is 0.200. The van der Waals surface area contributed by atoms with Crippen LogP contribution in [0.4, 0.5) is 0 Å². The molecular weight excluding hydrogens is 320 g/mol. The minimum Gasteiger partial charge on any atom is -0.459 e. The van der Waals surface area contributed by atoms with Gasteiger partial charge in [0.15, 0.2) is 6.10 Å². The van der Waals surface area contributed by atoms with Crippen LogP contribution >= 0.6 is 0 Å². The summed E-state index contributed by atoms with van der Waals surface area (Å²) >= 11 is 0. The molecule has 0 aliphatic rings. The van der Waals surface area contributed by atoms with E-state index in [0.29, 0.717) is 22.1 Å². The Bertz CT molecular complexity index is 943. The molecule has 0 amide bonds. The van der Waals surface area contributed by atoms with Crippen molar-refractivity contribution in [2.45, 2.75) is 26.1 Å². The van der Waals surface area contributed by atoms with Gasteiger partial charge in [0.1, 0.15) is 12.2 Å². The van der Waals surface area contributed by atoms with Crippen molar-refractivity contribution in [1.29, 1.82) is 0 Å². The molecule has 0 saturated carbocycles. The van der Waals surface area contributed by atoms with Crippen molar-refractivity contribution in [3.63, 3.8) is 0 Å². The second-order valence-electron chi connectivity index (χ2n) is 5.70. The third kappa shape index (κ3) is 3.78. The zero-order chi connectivity index (χ0) is 17.8. The minimum atomic E-state index is -1.36. The van der Waals surface area contributed by atoms with Gasteiger partial charge in [-0.1, -0.05) is 49.4 Å². The van der Waals surface area contributed by atoms with E-state index in [4.69, 9.17) is 9.15 Å². The highest BCUT2D eigenvalue weighted by Gasteiger charge is 2.19. The van der Waals surface area contributed by atoms with Gasteiger partial charge in [-0.3, -0.25) is 0 Å². The molecule has 0 unspecified atom stereocenters. The second-order valence-corrected chi connectivity index (χ2v) is 5.70. The summed E-state index contributed by atoms with van der Waals surface area (Å²) in [5.41, 5.74) is 2.00. The van der Waals surface area contributed by atoms with E-state index in [1.54, 1.807) is 36.4 Å². The summed E-state index contributed by atoms with van der Waals surface area (Å²) in [5, 5.41) is 10.8. The van der Waals surface area contributed by atoms with Gasteiger partial charge in [-0.2, -0.15) is 0 Å². The van der Waals surface area contributed by atoms with E-state index in [9.17, 15) is 14.7 Å². The van der Waals surface area contributed by atoms with Crippen LogP contribution in [0.1, 0.15) is 29.7 Å². The monoisotopic (exact) mass is 338 g/mol. The molecule has 0 aliphatic heterocycles. The molecule has 128 valence electrons. The van der Waals surface area contributed by atoms with Gasteiger partial charge in [0.2, 0.25) is 0 Å². The van der Waals surface area contributed by atoms with Crippen LogP contribution in [0.2, 0.25) is 0 Å². The lowest BCUT2D eigenvalue weighted by Gasteiger charge is -2.12. The lowest BCUT2D eigenvalue weighted by Crippen LogP contribution is -2.16. The summed E-state index contributed by atoms with van der Waals surface area (Å²) in [5.74, 6) is -0.766. The molecule has 0 radical (unpaired) electrons. The van der Waals surface area contributed by atoms with Gasteiger partial charge >= 0.3 is 11.6 Å². The number of fused-ring (bicyclic) bond motifs is 1. The topological polar surface area (TPSA) is 76.7 Å². The first-order valence-corrected chi connectivity index (χ1v) is 8.04. The minimum absolute atomic E-state index is 0.115. The van der Waals surface area contributed by atoms with Gasteiger partial charge in [-0.15, -0.1) is 0 Å². The van der Waals surface area contributed by atoms with Gasteiger partial charge < -0.3 is 14.3 Å². The van der Waals surface area contributed by atoms with E-state index in [0.717, 1.165) is 12.0 Å². The SMILES string of the molecule is CCc1ccc2c(COC(=O)[C@@H](O)c3ccccc3)cc(=O)oc2c1. The van der Waals surface area contributed by atoms with Crippen molar-refractivity contribution in [1.82, 2.24) is 0 Å².